The predicted molar refractivity (Wildman–Crippen MR) is 58.7 cm³/mol. The second kappa shape index (κ2) is 4.53. The average molecular weight is 214 g/mol. The van der Waals surface area contributed by atoms with Gasteiger partial charge in [-0.05, 0) is 19.1 Å². The SMILES string of the molecule is Cc1cncc(Oc2cccc(C=O)c2)n1. The highest BCUT2D eigenvalue weighted by atomic mass is 16.5. The summed E-state index contributed by atoms with van der Waals surface area (Å²) < 4.78 is 5.47. The van der Waals surface area contributed by atoms with Crippen molar-refractivity contribution in [2.75, 3.05) is 0 Å². The van der Waals surface area contributed by atoms with E-state index >= 15 is 0 Å². The first-order valence-corrected chi connectivity index (χ1v) is 4.79. The molecule has 2 rings (SSSR count). The minimum atomic E-state index is 0.419. The summed E-state index contributed by atoms with van der Waals surface area (Å²) in [5, 5.41) is 0. The summed E-state index contributed by atoms with van der Waals surface area (Å²) in [4.78, 5) is 18.7. The van der Waals surface area contributed by atoms with Gasteiger partial charge in [0.05, 0.1) is 11.9 Å². The number of carbonyl (C=O) groups excluding carboxylic acids is 1. The van der Waals surface area contributed by atoms with Gasteiger partial charge in [0.1, 0.15) is 12.0 Å². The second-order valence-corrected chi connectivity index (χ2v) is 3.29. The van der Waals surface area contributed by atoms with E-state index in [1.807, 2.05) is 6.92 Å². The molecule has 0 spiro atoms. The van der Waals surface area contributed by atoms with E-state index < -0.39 is 0 Å². The lowest BCUT2D eigenvalue weighted by Crippen LogP contribution is -1.91. The van der Waals surface area contributed by atoms with Crippen LogP contribution in [0.2, 0.25) is 0 Å². The Hall–Kier alpha value is -2.23. The Balaban J connectivity index is 2.23. The Morgan fingerprint density at radius 1 is 1.31 bits per heavy atom. The van der Waals surface area contributed by atoms with Gasteiger partial charge in [-0.2, -0.15) is 0 Å². The third-order valence-electron chi connectivity index (χ3n) is 1.95. The van der Waals surface area contributed by atoms with Gasteiger partial charge in [0.25, 0.3) is 0 Å². The van der Waals surface area contributed by atoms with Crippen LogP contribution in [-0.2, 0) is 0 Å². The van der Waals surface area contributed by atoms with Crippen molar-refractivity contribution < 1.29 is 9.53 Å². The summed E-state index contributed by atoms with van der Waals surface area (Å²) in [6, 6.07) is 6.87. The van der Waals surface area contributed by atoms with Crippen LogP contribution >= 0.6 is 0 Å². The standard InChI is InChI=1S/C12H10N2O2/c1-9-6-13-7-12(14-9)16-11-4-2-3-10(5-11)8-15/h2-8H,1H3. The molecule has 0 aliphatic heterocycles. The number of benzene rings is 1. The van der Waals surface area contributed by atoms with Crippen LogP contribution in [0.5, 0.6) is 11.6 Å². The normalized spacial score (nSPS) is 9.81. The van der Waals surface area contributed by atoms with Crippen molar-refractivity contribution in [2.45, 2.75) is 6.92 Å². The average Bonchev–Trinajstić information content (AvgIpc) is 2.29. The molecule has 0 aliphatic rings. The Bertz CT molecular complexity index is 512. The highest BCUT2D eigenvalue weighted by Crippen LogP contribution is 2.19. The van der Waals surface area contributed by atoms with Gasteiger partial charge in [-0.25, -0.2) is 4.98 Å². The van der Waals surface area contributed by atoms with Crippen LogP contribution in [0.25, 0.3) is 0 Å². The van der Waals surface area contributed by atoms with Crippen LogP contribution in [0.15, 0.2) is 36.7 Å². The van der Waals surface area contributed by atoms with Crippen molar-refractivity contribution in [1.82, 2.24) is 9.97 Å². The van der Waals surface area contributed by atoms with Gasteiger partial charge < -0.3 is 4.74 Å². The zero-order chi connectivity index (χ0) is 11.4. The third-order valence-corrected chi connectivity index (χ3v) is 1.95. The van der Waals surface area contributed by atoms with Crippen molar-refractivity contribution in [3.63, 3.8) is 0 Å². The number of ether oxygens (including phenoxy) is 1. The number of nitrogens with zero attached hydrogens (tertiary/aromatic N) is 2. The Morgan fingerprint density at radius 3 is 2.94 bits per heavy atom. The number of hydrogen-bond acceptors (Lipinski definition) is 4. The van der Waals surface area contributed by atoms with E-state index in [0.29, 0.717) is 17.2 Å². The second-order valence-electron chi connectivity index (χ2n) is 3.29. The molecule has 2 aromatic rings. The van der Waals surface area contributed by atoms with Crippen LogP contribution in [0.3, 0.4) is 0 Å². The number of aldehydes is 1. The van der Waals surface area contributed by atoms with Gasteiger partial charge >= 0.3 is 0 Å². The van der Waals surface area contributed by atoms with E-state index in [-0.39, 0.29) is 0 Å². The van der Waals surface area contributed by atoms with Crippen molar-refractivity contribution >= 4 is 6.29 Å². The Labute approximate surface area is 92.9 Å². The summed E-state index contributed by atoms with van der Waals surface area (Å²) in [5.74, 6) is 0.993. The number of aryl methyl sites for hydroxylation is 1. The van der Waals surface area contributed by atoms with E-state index in [1.165, 1.54) is 6.20 Å². The molecule has 1 aromatic carbocycles. The molecule has 0 atom stereocenters. The smallest absolute Gasteiger partial charge is 0.238 e. The van der Waals surface area contributed by atoms with Crippen LogP contribution in [0.4, 0.5) is 0 Å². The van der Waals surface area contributed by atoms with Crippen LogP contribution in [-0.4, -0.2) is 16.3 Å². The summed E-state index contributed by atoms with van der Waals surface area (Å²) >= 11 is 0. The maximum atomic E-state index is 10.6. The lowest BCUT2D eigenvalue weighted by molar-refractivity contribution is 0.112. The first-order valence-electron chi connectivity index (χ1n) is 4.79. The molecule has 1 aromatic heterocycles. The quantitative estimate of drug-likeness (QED) is 0.736. The maximum Gasteiger partial charge on any atom is 0.238 e. The van der Waals surface area contributed by atoms with Gasteiger partial charge in [-0.3, -0.25) is 9.78 Å². The van der Waals surface area contributed by atoms with Gasteiger partial charge in [0.2, 0.25) is 5.88 Å². The minimum Gasteiger partial charge on any atom is -0.437 e. The van der Waals surface area contributed by atoms with Crippen molar-refractivity contribution in [3.8, 4) is 11.6 Å². The predicted octanol–water partition coefficient (Wildman–Crippen LogP) is 2.39. The topological polar surface area (TPSA) is 52.1 Å². The fraction of sp³-hybridized carbons (Fsp3) is 0.0833. The molecule has 0 unspecified atom stereocenters. The molecule has 0 aliphatic carbocycles. The van der Waals surface area contributed by atoms with Crippen molar-refractivity contribution in [3.05, 3.63) is 47.9 Å². The molecular weight excluding hydrogens is 204 g/mol. The number of rotatable bonds is 3. The molecule has 0 radical (unpaired) electrons. The number of aromatic nitrogens is 2. The molecule has 4 heteroatoms. The molecular formula is C12H10N2O2. The minimum absolute atomic E-state index is 0.419. The van der Waals surface area contributed by atoms with E-state index in [1.54, 1.807) is 30.5 Å². The maximum absolute atomic E-state index is 10.6. The molecule has 0 bridgehead atoms. The van der Waals surface area contributed by atoms with E-state index in [0.717, 1.165) is 12.0 Å². The van der Waals surface area contributed by atoms with Crippen LogP contribution in [0, 0.1) is 6.92 Å². The molecule has 16 heavy (non-hydrogen) atoms. The molecule has 80 valence electrons. The Kier molecular flexibility index (Phi) is 2.91. The van der Waals surface area contributed by atoms with Gasteiger partial charge in [-0.15, -0.1) is 0 Å². The lowest BCUT2D eigenvalue weighted by Gasteiger charge is -2.04. The number of carbonyl (C=O) groups is 1. The monoisotopic (exact) mass is 214 g/mol. The zero-order valence-corrected chi connectivity index (χ0v) is 8.75. The van der Waals surface area contributed by atoms with Gasteiger partial charge in [0, 0.05) is 11.8 Å². The molecule has 0 fully saturated rings. The summed E-state index contributed by atoms with van der Waals surface area (Å²) in [7, 11) is 0. The fourth-order valence-corrected chi connectivity index (χ4v) is 1.26. The number of hydrogen-bond donors (Lipinski definition) is 0. The van der Waals surface area contributed by atoms with Crippen molar-refractivity contribution in [2.24, 2.45) is 0 Å². The molecule has 1 heterocycles. The fourth-order valence-electron chi connectivity index (χ4n) is 1.26. The molecule has 0 saturated carbocycles. The first-order chi connectivity index (χ1) is 7.78. The van der Waals surface area contributed by atoms with Crippen LogP contribution in [0.1, 0.15) is 16.1 Å². The highest BCUT2D eigenvalue weighted by molar-refractivity contribution is 5.75. The molecule has 4 nitrogen and oxygen atoms in total. The van der Waals surface area contributed by atoms with E-state index in [4.69, 9.17) is 4.74 Å². The highest BCUT2D eigenvalue weighted by Gasteiger charge is 2.00. The van der Waals surface area contributed by atoms with E-state index in [9.17, 15) is 4.79 Å². The first kappa shape index (κ1) is 10.3. The van der Waals surface area contributed by atoms with E-state index in [2.05, 4.69) is 9.97 Å². The summed E-state index contributed by atoms with van der Waals surface area (Å²) in [6.07, 6.45) is 3.95. The summed E-state index contributed by atoms with van der Waals surface area (Å²) in [6.45, 7) is 1.84. The van der Waals surface area contributed by atoms with Gasteiger partial charge in [-0.1, -0.05) is 12.1 Å². The summed E-state index contributed by atoms with van der Waals surface area (Å²) in [5.41, 5.74) is 1.35. The zero-order valence-electron chi connectivity index (χ0n) is 8.75. The Morgan fingerprint density at radius 2 is 2.19 bits per heavy atom. The van der Waals surface area contributed by atoms with Gasteiger partial charge in [0.15, 0.2) is 0 Å². The molecule has 0 amide bonds. The van der Waals surface area contributed by atoms with Crippen molar-refractivity contribution in [1.29, 1.82) is 0 Å². The third kappa shape index (κ3) is 2.42. The lowest BCUT2D eigenvalue weighted by atomic mass is 10.2. The molecule has 0 saturated heterocycles. The largest absolute Gasteiger partial charge is 0.437 e. The molecule has 0 N–H and O–H groups in total. The van der Waals surface area contributed by atoms with Crippen LogP contribution < -0.4 is 4.74 Å².